The van der Waals surface area contributed by atoms with Crippen LogP contribution in [0.2, 0.25) is 0 Å². The highest BCUT2D eigenvalue weighted by molar-refractivity contribution is 5.78. The largest absolute Gasteiger partial charge is 0.412 e. The second-order valence-electron chi connectivity index (χ2n) is 9.22. The quantitative estimate of drug-likeness (QED) is 0.161. The molecule has 6 heterocycles. The van der Waals surface area contributed by atoms with Crippen LogP contribution >= 0.6 is 0 Å². The van der Waals surface area contributed by atoms with Crippen molar-refractivity contribution in [3.63, 3.8) is 0 Å². The van der Waals surface area contributed by atoms with Crippen molar-refractivity contribution in [3.05, 3.63) is 181 Å². The minimum absolute atomic E-state index is 0. The number of aliphatic hydroxyl groups is 1. The Kier molecular flexibility index (Phi) is 29.3. The maximum Gasteiger partial charge on any atom is 0.151 e. The van der Waals surface area contributed by atoms with Crippen molar-refractivity contribution in [2.75, 3.05) is 0 Å². The van der Waals surface area contributed by atoms with Crippen LogP contribution in [0.25, 0.3) is 0 Å². The number of hydrogen-bond donors (Lipinski definition) is 3. The molecule has 0 aromatic carbocycles. The summed E-state index contributed by atoms with van der Waals surface area (Å²) in [5.41, 5.74) is 14.9. The smallest absolute Gasteiger partial charge is 0.151 e. The Labute approximate surface area is 295 Å². The Morgan fingerprint density at radius 2 is 1.00 bits per heavy atom. The van der Waals surface area contributed by atoms with E-state index in [9.17, 15) is 4.79 Å². The van der Waals surface area contributed by atoms with Gasteiger partial charge in [-0.25, -0.2) is 0 Å². The van der Waals surface area contributed by atoms with Gasteiger partial charge in [0.05, 0.1) is 13.2 Å². The van der Waals surface area contributed by atoms with E-state index in [1.165, 1.54) is 11.8 Å². The SMILES string of the molecule is C.C.C(=NCc1cccnc1)c1cccnc1.NCc1cccnc1.O.O=Cc1cccnc1.OCc1cccnc1.[NH3+]Cc1cccnc1. The van der Waals surface area contributed by atoms with Gasteiger partial charge in [-0.15, -0.1) is 0 Å². The summed E-state index contributed by atoms with van der Waals surface area (Å²) >= 11 is 0. The van der Waals surface area contributed by atoms with Crippen molar-refractivity contribution in [3.8, 4) is 0 Å². The molecule has 0 radical (unpaired) electrons. The molecule has 0 saturated heterocycles. The van der Waals surface area contributed by atoms with Crippen molar-refractivity contribution >= 4 is 12.5 Å². The number of hydrogen-bond acceptors (Lipinski definition) is 10. The summed E-state index contributed by atoms with van der Waals surface area (Å²) < 4.78 is 0. The molecule has 0 aliphatic heterocycles. The van der Waals surface area contributed by atoms with Gasteiger partial charge in [0.25, 0.3) is 0 Å². The van der Waals surface area contributed by atoms with E-state index in [1.807, 2.05) is 73.2 Å². The molecular weight excluding hydrogens is 630 g/mol. The first-order valence-corrected chi connectivity index (χ1v) is 14.6. The van der Waals surface area contributed by atoms with Crippen molar-refractivity contribution in [1.29, 1.82) is 0 Å². The van der Waals surface area contributed by atoms with Crippen molar-refractivity contribution in [1.82, 2.24) is 29.9 Å². The molecule has 0 spiro atoms. The third-order valence-corrected chi connectivity index (χ3v) is 5.62. The Morgan fingerprint density at radius 3 is 1.28 bits per heavy atom. The Morgan fingerprint density at radius 1 is 0.600 bits per heavy atom. The lowest BCUT2D eigenvalue weighted by atomic mass is 10.3. The van der Waals surface area contributed by atoms with Crippen LogP contribution in [0.15, 0.2) is 152 Å². The summed E-state index contributed by atoms with van der Waals surface area (Å²) in [6, 6.07) is 22.6. The molecule has 0 amide bonds. The van der Waals surface area contributed by atoms with Gasteiger partial charge in [0.2, 0.25) is 0 Å². The van der Waals surface area contributed by atoms with E-state index < -0.39 is 0 Å². The maximum atomic E-state index is 9.97. The van der Waals surface area contributed by atoms with E-state index >= 15 is 0 Å². The second kappa shape index (κ2) is 31.7. The lowest BCUT2D eigenvalue weighted by molar-refractivity contribution is -0.386. The maximum absolute atomic E-state index is 9.97. The molecule has 0 saturated carbocycles. The van der Waals surface area contributed by atoms with Gasteiger partial charge in [-0.05, 0) is 59.2 Å². The predicted octanol–water partition coefficient (Wildman–Crippen LogP) is 4.38. The summed E-state index contributed by atoms with van der Waals surface area (Å²) in [6.07, 6.45) is 23.3. The molecule has 0 aliphatic rings. The minimum atomic E-state index is 0. The van der Waals surface area contributed by atoms with Gasteiger partial charge in [0.15, 0.2) is 6.29 Å². The molecule has 264 valence electrons. The predicted molar refractivity (Wildman–Crippen MR) is 200 cm³/mol. The molecule has 6 rings (SSSR count). The third kappa shape index (κ3) is 22.6. The number of aliphatic imine (C=N–C) groups is 1. The zero-order chi connectivity index (χ0) is 33.6. The standard InChI is InChI=1S/C12H11N3.2C6H8N2.C6H7NO.C6H5NO.2CH4.H2O/c1-3-11(7-13-5-1)9-15-10-12-4-2-6-14-8-12;2*7-4-6-2-1-3-8-5-6;2*8-5-6-2-1-3-7-4-6;;;/h1-9H,10H2;2*1-3,5H,4,7H2;1-4,8H,5H2;1-5H;2*1H4;1H2/p+1. The van der Waals surface area contributed by atoms with Crippen molar-refractivity contribution in [2.24, 2.45) is 10.7 Å². The number of quaternary nitrogens is 1. The number of aliphatic hydroxyl groups excluding tert-OH is 1. The van der Waals surface area contributed by atoms with E-state index in [0.29, 0.717) is 18.7 Å². The molecule has 6 aromatic heterocycles. The van der Waals surface area contributed by atoms with Crippen LogP contribution in [0.5, 0.6) is 0 Å². The Bertz CT molecular complexity index is 1510. The molecule has 0 atom stereocenters. The van der Waals surface area contributed by atoms with E-state index in [1.54, 1.807) is 74.0 Å². The van der Waals surface area contributed by atoms with Crippen LogP contribution in [0.1, 0.15) is 53.0 Å². The first-order valence-electron chi connectivity index (χ1n) is 14.6. The van der Waals surface area contributed by atoms with Crippen LogP contribution in [0, 0.1) is 0 Å². The first kappa shape index (κ1) is 46.2. The number of carbonyl (C=O) groups excluding carboxylic acids is 1. The van der Waals surface area contributed by atoms with E-state index in [2.05, 4.69) is 40.6 Å². The van der Waals surface area contributed by atoms with Gasteiger partial charge in [-0.3, -0.25) is 39.7 Å². The number of pyridine rings is 6. The number of nitrogens with two attached hydrogens (primary N) is 1. The number of aldehydes is 1. The minimum Gasteiger partial charge on any atom is -0.412 e. The Balaban J connectivity index is 0. The first-order chi connectivity index (χ1) is 23.2. The van der Waals surface area contributed by atoms with Gasteiger partial charge < -0.3 is 22.1 Å². The fourth-order valence-corrected chi connectivity index (χ4v) is 3.20. The second-order valence-corrected chi connectivity index (χ2v) is 9.22. The lowest BCUT2D eigenvalue weighted by Gasteiger charge is -1.94. The fraction of sp³-hybridized carbons (Fsp3) is 0.158. The van der Waals surface area contributed by atoms with Gasteiger partial charge in [0.1, 0.15) is 6.54 Å². The molecular formula is C38H50N9O3+. The lowest BCUT2D eigenvalue weighted by Crippen LogP contribution is -2.47. The number of rotatable bonds is 7. The average molecular weight is 681 g/mol. The molecule has 0 bridgehead atoms. The van der Waals surface area contributed by atoms with Crippen LogP contribution in [0.4, 0.5) is 0 Å². The number of aromatic nitrogens is 6. The molecule has 12 heteroatoms. The number of carbonyl (C=O) groups is 1. The molecule has 50 heavy (non-hydrogen) atoms. The van der Waals surface area contributed by atoms with Crippen LogP contribution in [-0.4, -0.2) is 53.0 Å². The molecule has 0 fully saturated rings. The zero-order valence-corrected chi connectivity index (χ0v) is 26.6. The van der Waals surface area contributed by atoms with Crippen molar-refractivity contribution < 1.29 is 21.1 Å². The summed E-state index contributed by atoms with van der Waals surface area (Å²) in [5, 5.41) is 8.50. The van der Waals surface area contributed by atoms with Gasteiger partial charge >= 0.3 is 0 Å². The summed E-state index contributed by atoms with van der Waals surface area (Å²) in [7, 11) is 0. The van der Waals surface area contributed by atoms with Gasteiger partial charge in [0, 0.05) is 104 Å². The molecule has 6 aromatic rings. The summed E-state index contributed by atoms with van der Waals surface area (Å²) in [6.45, 7) is 2.14. The highest BCUT2D eigenvalue weighted by Gasteiger charge is 1.89. The zero-order valence-electron chi connectivity index (χ0n) is 26.6. The fourth-order valence-electron chi connectivity index (χ4n) is 3.20. The third-order valence-electron chi connectivity index (χ3n) is 5.62. The molecule has 0 unspecified atom stereocenters. The Hall–Kier alpha value is -5.92. The van der Waals surface area contributed by atoms with E-state index in [-0.39, 0.29) is 26.9 Å². The molecule has 0 aliphatic carbocycles. The average Bonchev–Trinajstić information content (AvgIpc) is 3.18. The molecule has 8 N–H and O–H groups in total. The normalized spacial score (nSPS) is 8.94. The number of nitrogens with zero attached hydrogens (tertiary/aromatic N) is 7. The molecule has 12 nitrogen and oxygen atoms in total. The van der Waals surface area contributed by atoms with Crippen molar-refractivity contribution in [2.45, 2.75) is 41.1 Å². The van der Waals surface area contributed by atoms with Crippen LogP contribution in [-0.2, 0) is 26.2 Å². The van der Waals surface area contributed by atoms with Crippen LogP contribution in [0.3, 0.4) is 0 Å². The van der Waals surface area contributed by atoms with E-state index in [0.717, 1.165) is 35.1 Å². The van der Waals surface area contributed by atoms with E-state index in [4.69, 9.17) is 10.8 Å². The van der Waals surface area contributed by atoms with Crippen LogP contribution < -0.4 is 11.5 Å². The topological polar surface area (TPSA) is 212 Å². The van der Waals surface area contributed by atoms with Gasteiger partial charge in [-0.2, -0.15) is 0 Å². The monoisotopic (exact) mass is 680 g/mol. The summed E-state index contributed by atoms with van der Waals surface area (Å²) in [5.74, 6) is 0. The highest BCUT2D eigenvalue weighted by Crippen LogP contribution is 1.99. The summed E-state index contributed by atoms with van der Waals surface area (Å²) in [4.78, 5) is 37.6. The van der Waals surface area contributed by atoms with Gasteiger partial charge in [-0.1, -0.05) is 45.2 Å². The highest BCUT2D eigenvalue weighted by atomic mass is 16.3.